The zero-order valence-electron chi connectivity index (χ0n) is 9.67. The van der Waals surface area contributed by atoms with Crippen molar-refractivity contribution in [1.29, 1.82) is 0 Å². The molecule has 1 rings (SSSR count). The molecular formula is C12H16N2O3. The van der Waals surface area contributed by atoms with Gasteiger partial charge in [0.25, 0.3) is 0 Å². The van der Waals surface area contributed by atoms with Crippen molar-refractivity contribution >= 4 is 11.9 Å². The summed E-state index contributed by atoms with van der Waals surface area (Å²) in [6.07, 6.45) is 0.276. The minimum Gasteiger partial charge on any atom is -0.480 e. The molecule has 1 amide bonds. The number of hydrogen-bond donors (Lipinski definition) is 2. The second-order valence-electron chi connectivity index (χ2n) is 3.75. The van der Waals surface area contributed by atoms with Crippen LogP contribution in [0, 0.1) is 0 Å². The van der Waals surface area contributed by atoms with Gasteiger partial charge in [0.2, 0.25) is 5.91 Å². The smallest absolute Gasteiger partial charge is 0.326 e. The first-order valence-electron chi connectivity index (χ1n) is 5.28. The van der Waals surface area contributed by atoms with Crippen LogP contribution >= 0.6 is 0 Å². The van der Waals surface area contributed by atoms with E-state index in [1.807, 2.05) is 30.3 Å². The minimum absolute atomic E-state index is 0.185. The van der Waals surface area contributed by atoms with Crippen molar-refractivity contribution in [1.82, 2.24) is 4.90 Å². The van der Waals surface area contributed by atoms with Crippen LogP contribution in [0.1, 0.15) is 5.56 Å². The molecule has 0 aliphatic rings. The minimum atomic E-state index is -1.03. The lowest BCUT2D eigenvalue weighted by atomic mass is 10.1. The van der Waals surface area contributed by atoms with Crippen molar-refractivity contribution in [2.75, 3.05) is 13.6 Å². The molecule has 3 N–H and O–H groups in total. The molecule has 0 aromatic heterocycles. The fourth-order valence-electron chi connectivity index (χ4n) is 1.55. The maximum absolute atomic E-state index is 11.4. The number of carbonyl (C=O) groups is 2. The van der Waals surface area contributed by atoms with Crippen molar-refractivity contribution in [2.45, 2.75) is 12.5 Å². The van der Waals surface area contributed by atoms with E-state index >= 15 is 0 Å². The van der Waals surface area contributed by atoms with Crippen molar-refractivity contribution in [3.63, 3.8) is 0 Å². The van der Waals surface area contributed by atoms with Gasteiger partial charge >= 0.3 is 5.97 Å². The van der Waals surface area contributed by atoms with Gasteiger partial charge < -0.3 is 15.7 Å². The lowest BCUT2D eigenvalue weighted by Gasteiger charge is -2.24. The van der Waals surface area contributed by atoms with Crippen LogP contribution in [0.25, 0.3) is 0 Å². The maximum Gasteiger partial charge on any atom is 0.326 e. The first-order chi connectivity index (χ1) is 8.06. The van der Waals surface area contributed by atoms with Crippen LogP contribution in [0.5, 0.6) is 0 Å². The molecule has 1 atom stereocenters. The Morgan fingerprint density at radius 2 is 1.94 bits per heavy atom. The summed E-state index contributed by atoms with van der Waals surface area (Å²) in [7, 11) is 1.46. The zero-order chi connectivity index (χ0) is 12.8. The molecule has 0 radical (unpaired) electrons. The SMILES string of the molecule is CN(C(=O)CN)[C@@H](Cc1ccccc1)C(=O)O. The van der Waals surface area contributed by atoms with Crippen LogP contribution in [-0.4, -0.2) is 41.5 Å². The van der Waals surface area contributed by atoms with Crippen LogP contribution in [0.2, 0.25) is 0 Å². The Labute approximate surface area is 99.8 Å². The number of rotatable bonds is 5. The summed E-state index contributed by atoms with van der Waals surface area (Å²) in [5.74, 6) is -1.41. The normalized spacial score (nSPS) is 11.9. The van der Waals surface area contributed by atoms with E-state index in [9.17, 15) is 9.59 Å². The van der Waals surface area contributed by atoms with Crippen LogP contribution < -0.4 is 5.73 Å². The number of carboxylic acids is 1. The highest BCUT2D eigenvalue weighted by atomic mass is 16.4. The van der Waals surface area contributed by atoms with Gasteiger partial charge in [-0.1, -0.05) is 30.3 Å². The van der Waals surface area contributed by atoms with E-state index in [2.05, 4.69) is 0 Å². The number of nitrogens with zero attached hydrogens (tertiary/aromatic N) is 1. The van der Waals surface area contributed by atoms with E-state index in [1.54, 1.807) is 0 Å². The van der Waals surface area contributed by atoms with Gasteiger partial charge in [-0.25, -0.2) is 4.79 Å². The summed E-state index contributed by atoms with van der Waals surface area (Å²) in [5.41, 5.74) is 6.09. The predicted octanol–water partition coefficient (Wildman–Crippen LogP) is 0.0994. The molecule has 0 saturated carbocycles. The third kappa shape index (κ3) is 3.57. The fraction of sp³-hybridized carbons (Fsp3) is 0.333. The summed E-state index contributed by atoms with van der Waals surface area (Å²) in [4.78, 5) is 23.7. The first-order valence-corrected chi connectivity index (χ1v) is 5.28. The number of amides is 1. The highest BCUT2D eigenvalue weighted by Crippen LogP contribution is 2.08. The highest BCUT2D eigenvalue weighted by molar-refractivity contribution is 5.84. The number of aliphatic carboxylic acids is 1. The molecule has 5 nitrogen and oxygen atoms in total. The van der Waals surface area contributed by atoms with Crippen molar-refractivity contribution in [2.24, 2.45) is 5.73 Å². The Morgan fingerprint density at radius 1 is 1.35 bits per heavy atom. The summed E-state index contributed by atoms with van der Waals surface area (Å²) >= 11 is 0. The molecule has 92 valence electrons. The second kappa shape index (κ2) is 6.00. The van der Waals surface area contributed by atoms with Crippen molar-refractivity contribution in [3.8, 4) is 0 Å². The molecular weight excluding hydrogens is 220 g/mol. The molecule has 0 unspecified atom stereocenters. The molecule has 0 bridgehead atoms. The number of nitrogens with two attached hydrogens (primary N) is 1. The van der Waals surface area contributed by atoms with Gasteiger partial charge in [0.1, 0.15) is 6.04 Å². The quantitative estimate of drug-likeness (QED) is 0.759. The van der Waals surface area contributed by atoms with Crippen LogP contribution in [0.4, 0.5) is 0 Å². The van der Waals surface area contributed by atoms with Gasteiger partial charge in [-0.15, -0.1) is 0 Å². The van der Waals surface area contributed by atoms with Gasteiger partial charge in [-0.05, 0) is 5.56 Å². The van der Waals surface area contributed by atoms with Gasteiger partial charge in [-0.2, -0.15) is 0 Å². The zero-order valence-corrected chi connectivity index (χ0v) is 9.67. The summed E-state index contributed by atoms with van der Waals surface area (Å²) in [6.45, 7) is -0.185. The van der Waals surface area contributed by atoms with Gasteiger partial charge in [0.15, 0.2) is 0 Å². The molecule has 5 heteroatoms. The Kier molecular flexibility index (Phi) is 4.66. The topological polar surface area (TPSA) is 83.6 Å². The molecule has 1 aromatic rings. The van der Waals surface area contributed by atoms with E-state index in [0.29, 0.717) is 0 Å². The third-order valence-corrected chi connectivity index (χ3v) is 2.59. The van der Waals surface area contributed by atoms with E-state index in [4.69, 9.17) is 10.8 Å². The highest BCUT2D eigenvalue weighted by Gasteiger charge is 2.25. The second-order valence-corrected chi connectivity index (χ2v) is 3.75. The molecule has 0 aliphatic heterocycles. The monoisotopic (exact) mass is 236 g/mol. The lowest BCUT2D eigenvalue weighted by Crippen LogP contribution is -2.46. The fourth-order valence-corrected chi connectivity index (χ4v) is 1.55. The molecule has 0 spiro atoms. The number of carbonyl (C=O) groups excluding carboxylic acids is 1. The average molecular weight is 236 g/mol. The summed E-state index contributed by atoms with van der Waals surface area (Å²) in [5, 5.41) is 9.11. The van der Waals surface area contributed by atoms with Crippen LogP contribution in [-0.2, 0) is 16.0 Å². The molecule has 0 aliphatic carbocycles. The van der Waals surface area contributed by atoms with E-state index in [-0.39, 0.29) is 18.9 Å². The van der Waals surface area contributed by atoms with Gasteiger partial charge in [-0.3, -0.25) is 4.79 Å². The van der Waals surface area contributed by atoms with Crippen LogP contribution in [0.15, 0.2) is 30.3 Å². The number of likely N-dealkylation sites (N-methyl/N-ethyl adjacent to an activating group) is 1. The number of benzene rings is 1. The molecule has 17 heavy (non-hydrogen) atoms. The largest absolute Gasteiger partial charge is 0.480 e. The van der Waals surface area contributed by atoms with E-state index in [0.717, 1.165) is 5.56 Å². The van der Waals surface area contributed by atoms with Gasteiger partial charge in [0.05, 0.1) is 6.54 Å². The van der Waals surface area contributed by atoms with Crippen molar-refractivity contribution < 1.29 is 14.7 Å². The van der Waals surface area contributed by atoms with Crippen LogP contribution in [0.3, 0.4) is 0 Å². The third-order valence-electron chi connectivity index (χ3n) is 2.59. The first kappa shape index (κ1) is 13.2. The Morgan fingerprint density at radius 3 is 2.41 bits per heavy atom. The van der Waals surface area contributed by atoms with Gasteiger partial charge in [0, 0.05) is 13.5 Å². The Bertz CT molecular complexity index is 392. The predicted molar refractivity (Wildman–Crippen MR) is 63.4 cm³/mol. The molecule has 1 aromatic carbocycles. The summed E-state index contributed by atoms with van der Waals surface area (Å²) < 4.78 is 0. The van der Waals surface area contributed by atoms with E-state index < -0.39 is 12.0 Å². The summed E-state index contributed by atoms with van der Waals surface area (Å²) in [6, 6.07) is 8.30. The molecule has 0 fully saturated rings. The van der Waals surface area contributed by atoms with E-state index in [1.165, 1.54) is 11.9 Å². The maximum atomic E-state index is 11.4. The molecule has 0 saturated heterocycles. The number of carboxylic acid groups (broad SMARTS) is 1. The number of hydrogen-bond acceptors (Lipinski definition) is 3. The average Bonchev–Trinajstić information content (AvgIpc) is 2.35. The van der Waals surface area contributed by atoms with Crippen molar-refractivity contribution in [3.05, 3.63) is 35.9 Å². The Hall–Kier alpha value is -1.88. The lowest BCUT2D eigenvalue weighted by molar-refractivity contribution is -0.148. The Balaban J connectivity index is 2.81. The standard InChI is InChI=1S/C12H16N2O3/c1-14(11(15)8-13)10(12(16)17)7-9-5-3-2-4-6-9/h2-6,10H,7-8,13H2,1H3,(H,16,17)/t10-/m0/s1. The molecule has 0 heterocycles.